The largest absolute Gasteiger partial charge is 0.294 e. The molecular weight excluding hydrogens is 196 g/mol. The molecule has 0 aliphatic heterocycles. The van der Waals surface area contributed by atoms with E-state index < -0.39 is 0 Å². The number of hydrogen-bond acceptors (Lipinski definition) is 1. The molecule has 0 saturated carbocycles. The van der Waals surface area contributed by atoms with Gasteiger partial charge in [0, 0.05) is 11.5 Å². The highest BCUT2D eigenvalue weighted by atomic mass is 16.1. The number of carbonyl (C=O) groups excluding carboxylic acids is 1. The quantitative estimate of drug-likeness (QED) is 0.680. The van der Waals surface area contributed by atoms with E-state index in [9.17, 15) is 4.79 Å². The summed E-state index contributed by atoms with van der Waals surface area (Å²) in [5, 5.41) is 0. The Labute approximate surface area is 98.9 Å². The Balaban J connectivity index is 2.74. The summed E-state index contributed by atoms with van der Waals surface area (Å²) in [4.78, 5) is 11.9. The molecule has 1 aromatic rings. The maximum atomic E-state index is 11.9. The van der Waals surface area contributed by atoms with Crippen molar-refractivity contribution in [2.24, 2.45) is 11.8 Å². The molecular formula is C15H22O. The minimum absolute atomic E-state index is 0.135. The van der Waals surface area contributed by atoms with Crippen LogP contribution in [-0.4, -0.2) is 5.78 Å². The first-order valence-electron chi connectivity index (χ1n) is 6.17. The highest BCUT2D eigenvalue weighted by Gasteiger charge is 2.12. The number of carbonyl (C=O) groups is 1. The van der Waals surface area contributed by atoms with E-state index in [1.807, 2.05) is 19.1 Å². The van der Waals surface area contributed by atoms with Gasteiger partial charge >= 0.3 is 0 Å². The summed E-state index contributed by atoms with van der Waals surface area (Å²) < 4.78 is 0. The van der Waals surface area contributed by atoms with Crippen LogP contribution in [0.2, 0.25) is 0 Å². The Bertz CT molecular complexity index is 335. The third kappa shape index (κ3) is 3.48. The van der Waals surface area contributed by atoms with Crippen molar-refractivity contribution in [3.63, 3.8) is 0 Å². The van der Waals surface area contributed by atoms with Crippen LogP contribution in [0.25, 0.3) is 0 Å². The van der Waals surface area contributed by atoms with Crippen LogP contribution in [0.3, 0.4) is 0 Å². The van der Waals surface area contributed by atoms with E-state index in [1.165, 1.54) is 5.56 Å². The predicted molar refractivity (Wildman–Crippen MR) is 68.8 cm³/mol. The fraction of sp³-hybridized carbons (Fsp3) is 0.533. The van der Waals surface area contributed by atoms with Crippen LogP contribution in [-0.2, 0) is 6.42 Å². The van der Waals surface area contributed by atoms with Crippen molar-refractivity contribution in [2.75, 3.05) is 0 Å². The standard InChI is InChI=1S/C15H22O/c1-5-12(4)15(16)14-8-6-13(7-9-14)10-11(2)3/h6-9,11-12H,5,10H2,1-4H3. The molecule has 1 unspecified atom stereocenters. The van der Waals surface area contributed by atoms with Gasteiger partial charge in [0.1, 0.15) is 0 Å². The number of benzene rings is 1. The first kappa shape index (κ1) is 13.0. The summed E-state index contributed by atoms with van der Waals surface area (Å²) in [5.41, 5.74) is 2.16. The lowest BCUT2D eigenvalue weighted by atomic mass is 9.95. The molecule has 0 aliphatic carbocycles. The molecule has 1 aromatic carbocycles. The van der Waals surface area contributed by atoms with Gasteiger partial charge in [-0.05, 0) is 24.3 Å². The summed E-state index contributed by atoms with van der Waals surface area (Å²) >= 11 is 0. The second-order valence-corrected chi connectivity index (χ2v) is 4.97. The Morgan fingerprint density at radius 1 is 1.12 bits per heavy atom. The zero-order chi connectivity index (χ0) is 12.1. The molecule has 0 aliphatic rings. The lowest BCUT2D eigenvalue weighted by Crippen LogP contribution is -2.10. The zero-order valence-electron chi connectivity index (χ0n) is 10.8. The van der Waals surface area contributed by atoms with Crippen LogP contribution in [0, 0.1) is 11.8 Å². The third-order valence-corrected chi connectivity index (χ3v) is 2.94. The van der Waals surface area contributed by atoms with E-state index in [0.29, 0.717) is 5.92 Å². The van der Waals surface area contributed by atoms with E-state index >= 15 is 0 Å². The molecule has 0 bridgehead atoms. The molecule has 1 heteroatoms. The van der Waals surface area contributed by atoms with Gasteiger partial charge in [0.05, 0.1) is 0 Å². The Morgan fingerprint density at radius 3 is 2.12 bits per heavy atom. The minimum atomic E-state index is 0.135. The average molecular weight is 218 g/mol. The molecule has 1 atom stereocenters. The van der Waals surface area contributed by atoms with Crippen molar-refractivity contribution in [1.29, 1.82) is 0 Å². The summed E-state index contributed by atoms with van der Waals surface area (Å²) in [5.74, 6) is 1.06. The number of hydrogen-bond donors (Lipinski definition) is 0. The Hall–Kier alpha value is -1.11. The van der Waals surface area contributed by atoms with Crippen molar-refractivity contribution in [3.8, 4) is 0 Å². The molecule has 0 saturated heterocycles. The van der Waals surface area contributed by atoms with E-state index in [2.05, 4.69) is 32.9 Å². The molecule has 0 heterocycles. The van der Waals surface area contributed by atoms with Crippen LogP contribution in [0.5, 0.6) is 0 Å². The van der Waals surface area contributed by atoms with E-state index in [0.717, 1.165) is 18.4 Å². The van der Waals surface area contributed by atoms with E-state index in [4.69, 9.17) is 0 Å². The second kappa shape index (κ2) is 5.83. The number of Topliss-reactive ketones (excluding diaryl/α,β-unsaturated/α-hetero) is 1. The van der Waals surface area contributed by atoms with Gasteiger partial charge in [-0.2, -0.15) is 0 Å². The van der Waals surface area contributed by atoms with Gasteiger partial charge in [-0.3, -0.25) is 4.79 Å². The maximum absolute atomic E-state index is 11.9. The highest BCUT2D eigenvalue weighted by Crippen LogP contribution is 2.14. The molecule has 0 aromatic heterocycles. The fourth-order valence-electron chi connectivity index (χ4n) is 1.75. The molecule has 16 heavy (non-hydrogen) atoms. The van der Waals surface area contributed by atoms with Crippen LogP contribution >= 0.6 is 0 Å². The summed E-state index contributed by atoms with van der Waals surface area (Å²) in [6, 6.07) is 8.09. The molecule has 0 radical (unpaired) electrons. The van der Waals surface area contributed by atoms with Crippen molar-refractivity contribution in [1.82, 2.24) is 0 Å². The van der Waals surface area contributed by atoms with Gasteiger partial charge in [0.2, 0.25) is 0 Å². The summed E-state index contributed by atoms with van der Waals surface area (Å²) in [6.07, 6.45) is 1.99. The maximum Gasteiger partial charge on any atom is 0.165 e. The van der Waals surface area contributed by atoms with Gasteiger partial charge < -0.3 is 0 Å². The van der Waals surface area contributed by atoms with Crippen molar-refractivity contribution in [3.05, 3.63) is 35.4 Å². The van der Waals surface area contributed by atoms with Crippen LogP contribution in [0.15, 0.2) is 24.3 Å². The average Bonchev–Trinajstić information content (AvgIpc) is 2.27. The highest BCUT2D eigenvalue weighted by molar-refractivity contribution is 5.97. The van der Waals surface area contributed by atoms with Crippen molar-refractivity contribution < 1.29 is 4.79 Å². The molecule has 0 fully saturated rings. The van der Waals surface area contributed by atoms with Gasteiger partial charge in [0.15, 0.2) is 5.78 Å². The first-order valence-corrected chi connectivity index (χ1v) is 6.17. The third-order valence-electron chi connectivity index (χ3n) is 2.94. The minimum Gasteiger partial charge on any atom is -0.294 e. The van der Waals surface area contributed by atoms with Gasteiger partial charge in [-0.1, -0.05) is 52.0 Å². The van der Waals surface area contributed by atoms with Crippen LogP contribution in [0.1, 0.15) is 50.0 Å². The number of ketones is 1. The zero-order valence-corrected chi connectivity index (χ0v) is 10.8. The van der Waals surface area contributed by atoms with Gasteiger partial charge in [0.25, 0.3) is 0 Å². The molecule has 1 nitrogen and oxygen atoms in total. The smallest absolute Gasteiger partial charge is 0.165 e. The normalized spacial score (nSPS) is 12.8. The monoisotopic (exact) mass is 218 g/mol. The Kier molecular flexibility index (Phi) is 4.72. The van der Waals surface area contributed by atoms with Crippen molar-refractivity contribution in [2.45, 2.75) is 40.5 Å². The second-order valence-electron chi connectivity index (χ2n) is 4.97. The predicted octanol–water partition coefficient (Wildman–Crippen LogP) is 4.11. The lowest BCUT2D eigenvalue weighted by Gasteiger charge is -2.09. The summed E-state index contributed by atoms with van der Waals surface area (Å²) in [7, 11) is 0. The van der Waals surface area contributed by atoms with E-state index in [-0.39, 0.29) is 11.7 Å². The molecule has 1 rings (SSSR count). The summed E-state index contributed by atoms with van der Waals surface area (Å²) in [6.45, 7) is 8.45. The van der Waals surface area contributed by atoms with Crippen LogP contribution < -0.4 is 0 Å². The van der Waals surface area contributed by atoms with Gasteiger partial charge in [-0.15, -0.1) is 0 Å². The first-order chi connectivity index (χ1) is 7.54. The SMILES string of the molecule is CCC(C)C(=O)c1ccc(CC(C)C)cc1. The number of rotatable bonds is 5. The molecule has 88 valence electrons. The lowest BCUT2D eigenvalue weighted by molar-refractivity contribution is 0.0927. The molecule has 0 spiro atoms. The topological polar surface area (TPSA) is 17.1 Å². The van der Waals surface area contributed by atoms with E-state index in [1.54, 1.807) is 0 Å². The Morgan fingerprint density at radius 2 is 1.69 bits per heavy atom. The van der Waals surface area contributed by atoms with Gasteiger partial charge in [-0.25, -0.2) is 0 Å². The van der Waals surface area contributed by atoms with Crippen LogP contribution in [0.4, 0.5) is 0 Å². The fourth-order valence-corrected chi connectivity index (χ4v) is 1.75. The van der Waals surface area contributed by atoms with Crippen molar-refractivity contribution >= 4 is 5.78 Å². The molecule has 0 N–H and O–H groups in total. The molecule has 0 amide bonds.